The largest absolute Gasteiger partial charge is 0.494 e. The maximum absolute atomic E-state index is 12.7. The lowest BCUT2D eigenvalue weighted by molar-refractivity contribution is -0.122. The summed E-state index contributed by atoms with van der Waals surface area (Å²) < 4.78 is 11.0. The van der Waals surface area contributed by atoms with Crippen LogP contribution in [0.25, 0.3) is 0 Å². The predicted molar refractivity (Wildman–Crippen MR) is 141 cm³/mol. The van der Waals surface area contributed by atoms with Gasteiger partial charge in [-0.15, -0.1) is 0 Å². The molecule has 3 aliphatic rings. The van der Waals surface area contributed by atoms with Crippen LogP contribution in [0, 0.1) is 17.8 Å². The molecule has 0 spiro atoms. The number of primary amides is 1. The SMILES string of the molecule is COCCN1C(=O)CCCc2c1ccc(Nc1ncc(Cl)c(NC3C(C(N)=O)[C@H]4C=C[C@@H]3C4)n1)c2OC. The number of carbonyl (C=O) groups excluding carboxylic acids is 2. The van der Waals surface area contributed by atoms with Gasteiger partial charge in [-0.2, -0.15) is 4.98 Å². The maximum atomic E-state index is 12.7. The third kappa shape index (κ3) is 4.83. The quantitative estimate of drug-likeness (QED) is 0.424. The number of ether oxygens (including phenoxy) is 2. The van der Waals surface area contributed by atoms with E-state index in [4.69, 9.17) is 26.8 Å². The van der Waals surface area contributed by atoms with Crippen molar-refractivity contribution >= 4 is 46.6 Å². The van der Waals surface area contributed by atoms with Gasteiger partial charge in [0, 0.05) is 31.7 Å². The van der Waals surface area contributed by atoms with Gasteiger partial charge in [-0.25, -0.2) is 4.98 Å². The van der Waals surface area contributed by atoms with Crippen LogP contribution in [0.4, 0.5) is 23.1 Å². The van der Waals surface area contributed by atoms with Crippen molar-refractivity contribution in [1.82, 2.24) is 9.97 Å². The van der Waals surface area contributed by atoms with Gasteiger partial charge in [0.2, 0.25) is 17.8 Å². The van der Waals surface area contributed by atoms with Crippen LogP contribution in [-0.4, -0.2) is 55.2 Å². The van der Waals surface area contributed by atoms with Gasteiger partial charge in [-0.1, -0.05) is 23.8 Å². The standard InChI is InChI=1S/C26H31ClN6O4/c1-36-11-10-33-19-9-8-18(23(37-2)16(19)4-3-5-20(33)34)30-26-29-13-17(27)25(32-26)31-22-15-7-6-14(12-15)21(22)24(28)35/h6-9,13-15,21-22H,3-5,10-12H2,1-2H3,(H2,28,35)(H2,29,30,31,32)/t14-,15+,21?,22?/m0/s1. The fraction of sp³-hybridized carbons (Fsp3) is 0.462. The molecule has 1 aromatic heterocycles. The summed E-state index contributed by atoms with van der Waals surface area (Å²) >= 11 is 6.43. The number of benzene rings is 1. The van der Waals surface area contributed by atoms with E-state index in [1.807, 2.05) is 12.1 Å². The summed E-state index contributed by atoms with van der Waals surface area (Å²) in [6.45, 7) is 0.912. The molecule has 1 aromatic carbocycles. The van der Waals surface area contributed by atoms with Gasteiger partial charge in [-0.05, 0) is 43.2 Å². The van der Waals surface area contributed by atoms with Crippen LogP contribution >= 0.6 is 11.6 Å². The Hall–Kier alpha value is -3.37. The Kier molecular flexibility index (Phi) is 7.21. The maximum Gasteiger partial charge on any atom is 0.229 e. The minimum Gasteiger partial charge on any atom is -0.494 e. The number of nitrogens with two attached hydrogens (primary N) is 1. The van der Waals surface area contributed by atoms with Gasteiger partial charge in [0.05, 0.1) is 37.2 Å². The molecule has 2 bridgehead atoms. The van der Waals surface area contributed by atoms with Crippen LogP contribution in [0.5, 0.6) is 5.75 Å². The average Bonchev–Trinajstić information content (AvgIpc) is 3.44. The monoisotopic (exact) mass is 526 g/mol. The smallest absolute Gasteiger partial charge is 0.229 e. The van der Waals surface area contributed by atoms with Gasteiger partial charge in [0.1, 0.15) is 10.8 Å². The molecule has 37 heavy (non-hydrogen) atoms. The first-order chi connectivity index (χ1) is 17.9. The molecule has 2 amide bonds. The van der Waals surface area contributed by atoms with E-state index >= 15 is 0 Å². The highest BCUT2D eigenvalue weighted by Gasteiger charge is 2.47. The second kappa shape index (κ2) is 10.5. The van der Waals surface area contributed by atoms with E-state index in [9.17, 15) is 9.59 Å². The summed E-state index contributed by atoms with van der Waals surface area (Å²) in [5, 5.41) is 6.95. The van der Waals surface area contributed by atoms with E-state index in [0.29, 0.717) is 54.2 Å². The molecule has 1 aliphatic heterocycles. The van der Waals surface area contributed by atoms with Crippen molar-refractivity contribution in [2.24, 2.45) is 23.5 Å². The highest BCUT2D eigenvalue weighted by molar-refractivity contribution is 6.32. The second-order valence-corrected chi connectivity index (χ2v) is 10.0. The number of allylic oxidation sites excluding steroid dienone is 1. The van der Waals surface area contributed by atoms with E-state index in [1.54, 1.807) is 19.1 Å². The zero-order valence-electron chi connectivity index (χ0n) is 20.9. The van der Waals surface area contributed by atoms with Crippen LogP contribution in [0.2, 0.25) is 5.02 Å². The van der Waals surface area contributed by atoms with Crippen molar-refractivity contribution in [3.05, 3.63) is 41.1 Å². The van der Waals surface area contributed by atoms with Gasteiger partial charge >= 0.3 is 0 Å². The number of fused-ring (bicyclic) bond motifs is 3. The molecule has 11 heteroatoms. The van der Waals surface area contributed by atoms with Crippen molar-refractivity contribution in [3.63, 3.8) is 0 Å². The molecule has 10 nitrogen and oxygen atoms in total. The zero-order chi connectivity index (χ0) is 26.1. The number of nitrogens with one attached hydrogen (secondary N) is 2. The number of methoxy groups -OCH3 is 2. The first-order valence-corrected chi connectivity index (χ1v) is 12.8. The van der Waals surface area contributed by atoms with Crippen molar-refractivity contribution < 1.29 is 19.1 Å². The number of hydrogen-bond donors (Lipinski definition) is 3. The number of rotatable bonds is 9. The van der Waals surface area contributed by atoms with Gasteiger partial charge in [0.25, 0.3) is 0 Å². The van der Waals surface area contributed by atoms with Crippen molar-refractivity contribution in [2.45, 2.75) is 31.7 Å². The summed E-state index contributed by atoms with van der Waals surface area (Å²) in [6, 6.07) is 3.59. The lowest BCUT2D eigenvalue weighted by Gasteiger charge is -2.27. The van der Waals surface area contributed by atoms with E-state index in [-0.39, 0.29) is 35.6 Å². The molecule has 2 unspecified atom stereocenters. The first kappa shape index (κ1) is 25.3. The molecule has 0 saturated heterocycles. The molecule has 4 N–H and O–H groups in total. The third-order valence-corrected chi connectivity index (χ3v) is 7.73. The minimum absolute atomic E-state index is 0.0695. The Morgan fingerprint density at radius 3 is 2.81 bits per heavy atom. The minimum atomic E-state index is -0.328. The van der Waals surface area contributed by atoms with Gasteiger partial charge < -0.3 is 30.7 Å². The summed E-state index contributed by atoms with van der Waals surface area (Å²) in [4.78, 5) is 35.6. The van der Waals surface area contributed by atoms with Crippen molar-refractivity contribution in [2.75, 3.05) is 42.9 Å². The number of halogens is 1. The fourth-order valence-electron chi connectivity index (χ4n) is 5.77. The van der Waals surface area contributed by atoms with E-state index < -0.39 is 0 Å². The summed E-state index contributed by atoms with van der Waals surface area (Å²) in [7, 11) is 3.23. The number of aromatic nitrogens is 2. The fourth-order valence-corrected chi connectivity index (χ4v) is 5.92. The van der Waals surface area contributed by atoms with Crippen LogP contribution in [-0.2, 0) is 20.7 Å². The molecule has 4 atom stereocenters. The second-order valence-electron chi connectivity index (χ2n) is 9.60. The molecule has 1 fully saturated rings. The number of amides is 2. The molecular weight excluding hydrogens is 496 g/mol. The molecular formula is C26H31ClN6O4. The molecule has 2 aliphatic carbocycles. The van der Waals surface area contributed by atoms with Gasteiger partial charge in [0.15, 0.2) is 5.82 Å². The summed E-state index contributed by atoms with van der Waals surface area (Å²) in [5.74, 6) is 1.14. The number of carbonyl (C=O) groups is 2. The Morgan fingerprint density at radius 2 is 2.05 bits per heavy atom. The Bertz CT molecular complexity index is 1240. The lowest BCUT2D eigenvalue weighted by Crippen LogP contribution is -2.41. The van der Waals surface area contributed by atoms with E-state index in [0.717, 1.165) is 24.1 Å². The average molecular weight is 527 g/mol. The normalized spacial score (nSPS) is 24.1. The number of anilines is 4. The molecule has 2 aromatic rings. The topological polar surface area (TPSA) is 132 Å². The summed E-state index contributed by atoms with van der Waals surface area (Å²) in [6.07, 6.45) is 8.48. The highest BCUT2D eigenvalue weighted by atomic mass is 35.5. The molecule has 2 heterocycles. The highest BCUT2D eigenvalue weighted by Crippen LogP contribution is 2.45. The third-order valence-electron chi connectivity index (χ3n) is 7.45. The van der Waals surface area contributed by atoms with Crippen LogP contribution in [0.15, 0.2) is 30.5 Å². The molecule has 5 rings (SSSR count). The molecule has 0 radical (unpaired) electrons. The van der Waals surface area contributed by atoms with Crippen molar-refractivity contribution in [3.8, 4) is 5.75 Å². The number of nitrogens with zero attached hydrogens (tertiary/aromatic N) is 3. The Morgan fingerprint density at radius 1 is 1.24 bits per heavy atom. The lowest BCUT2D eigenvalue weighted by atomic mass is 9.88. The zero-order valence-corrected chi connectivity index (χ0v) is 21.6. The van der Waals surface area contributed by atoms with E-state index in [1.165, 1.54) is 6.20 Å². The van der Waals surface area contributed by atoms with Crippen LogP contribution < -0.4 is 26.0 Å². The Balaban J connectivity index is 1.42. The van der Waals surface area contributed by atoms with Crippen LogP contribution in [0.3, 0.4) is 0 Å². The van der Waals surface area contributed by atoms with Gasteiger partial charge in [-0.3, -0.25) is 9.59 Å². The van der Waals surface area contributed by atoms with E-state index in [2.05, 4.69) is 32.8 Å². The molecule has 196 valence electrons. The first-order valence-electron chi connectivity index (χ1n) is 12.4. The van der Waals surface area contributed by atoms with Crippen molar-refractivity contribution in [1.29, 1.82) is 0 Å². The number of hydrogen-bond acceptors (Lipinski definition) is 8. The summed E-state index contributed by atoms with van der Waals surface area (Å²) in [5.41, 5.74) is 8.15. The van der Waals surface area contributed by atoms with Crippen LogP contribution in [0.1, 0.15) is 24.8 Å². The predicted octanol–water partition coefficient (Wildman–Crippen LogP) is 3.29. The molecule has 1 saturated carbocycles. The Labute approximate surface area is 220 Å².